The Kier molecular flexibility index (Phi) is 4.61. The number of phenols is 1. The van der Waals surface area contributed by atoms with Crippen LogP contribution in [0.4, 0.5) is 19.0 Å². The second-order valence-corrected chi connectivity index (χ2v) is 8.30. The van der Waals surface area contributed by atoms with E-state index in [-0.39, 0.29) is 22.7 Å². The number of aryl methyl sites for hydroxylation is 2. The number of rotatable bonds is 3. The summed E-state index contributed by atoms with van der Waals surface area (Å²) in [6, 6.07) is 3.16. The number of thiazole rings is 1. The number of aromatic nitrogens is 3. The van der Waals surface area contributed by atoms with E-state index in [1.165, 1.54) is 10.6 Å². The Morgan fingerprint density at radius 3 is 2.52 bits per heavy atom. The standard InChI is InChI=1S/C20H18F3N5O2S/c1-4-9-5-6-10(29)7(2)13(9)28-14-11(12(17(28)24)18(25)30)16(20(21,22)23)27-19-15(14)31-8(3)26-19/h5-6,29H,4,24H2,1-3H3,(H2,25,30). The van der Waals surface area contributed by atoms with Crippen LogP contribution in [-0.4, -0.2) is 25.5 Å². The molecule has 0 saturated carbocycles. The predicted octanol–water partition coefficient (Wildman–Crippen LogP) is 4.22. The number of halogens is 3. The topological polar surface area (TPSA) is 120 Å². The molecule has 0 bridgehead atoms. The molecule has 0 aliphatic rings. The van der Waals surface area contributed by atoms with Crippen LogP contribution in [0.15, 0.2) is 12.1 Å². The summed E-state index contributed by atoms with van der Waals surface area (Å²) in [4.78, 5) is 20.1. The van der Waals surface area contributed by atoms with Crippen molar-refractivity contribution >= 4 is 44.3 Å². The van der Waals surface area contributed by atoms with Gasteiger partial charge in [-0.25, -0.2) is 9.97 Å². The Labute approximate surface area is 178 Å². The van der Waals surface area contributed by atoms with E-state index >= 15 is 0 Å². The van der Waals surface area contributed by atoms with Crippen LogP contribution < -0.4 is 11.5 Å². The molecule has 4 rings (SSSR count). The second kappa shape index (κ2) is 6.84. The fraction of sp³-hybridized carbons (Fsp3) is 0.250. The van der Waals surface area contributed by atoms with Crippen molar-refractivity contribution in [2.75, 3.05) is 5.73 Å². The number of nitrogens with two attached hydrogens (primary N) is 2. The number of nitrogens with zero attached hydrogens (tertiary/aromatic N) is 3. The molecule has 0 radical (unpaired) electrons. The quantitative estimate of drug-likeness (QED) is 0.433. The first-order valence-electron chi connectivity index (χ1n) is 9.27. The van der Waals surface area contributed by atoms with Gasteiger partial charge in [-0.3, -0.25) is 9.36 Å². The smallest absolute Gasteiger partial charge is 0.434 e. The number of pyridine rings is 1. The van der Waals surface area contributed by atoms with Gasteiger partial charge in [0, 0.05) is 10.9 Å². The Morgan fingerprint density at radius 1 is 1.26 bits per heavy atom. The number of alkyl halides is 3. The van der Waals surface area contributed by atoms with Gasteiger partial charge in [0.25, 0.3) is 5.91 Å². The zero-order valence-corrected chi connectivity index (χ0v) is 17.6. The third-order valence-corrected chi connectivity index (χ3v) is 6.17. The molecule has 0 unspecified atom stereocenters. The molecule has 5 N–H and O–H groups in total. The first-order valence-corrected chi connectivity index (χ1v) is 10.1. The van der Waals surface area contributed by atoms with Crippen LogP contribution in [0.5, 0.6) is 5.75 Å². The average Bonchev–Trinajstić information content (AvgIpc) is 3.18. The molecule has 31 heavy (non-hydrogen) atoms. The van der Waals surface area contributed by atoms with Crippen molar-refractivity contribution in [2.45, 2.75) is 33.4 Å². The summed E-state index contributed by atoms with van der Waals surface area (Å²) in [5.41, 5.74) is 11.5. The number of anilines is 1. The maximum Gasteiger partial charge on any atom is 0.434 e. The molecule has 0 spiro atoms. The van der Waals surface area contributed by atoms with Crippen molar-refractivity contribution < 1.29 is 23.1 Å². The molecule has 162 valence electrons. The van der Waals surface area contributed by atoms with Crippen molar-refractivity contribution in [3.05, 3.63) is 39.5 Å². The lowest BCUT2D eigenvalue weighted by atomic mass is 10.0. The van der Waals surface area contributed by atoms with Gasteiger partial charge in [-0.05, 0) is 31.9 Å². The van der Waals surface area contributed by atoms with E-state index in [4.69, 9.17) is 11.5 Å². The number of primary amides is 1. The van der Waals surface area contributed by atoms with Crippen LogP contribution in [-0.2, 0) is 12.6 Å². The van der Waals surface area contributed by atoms with E-state index in [9.17, 15) is 23.1 Å². The average molecular weight is 449 g/mol. The lowest BCUT2D eigenvalue weighted by Gasteiger charge is -2.17. The number of fused-ring (bicyclic) bond motifs is 3. The molecule has 0 aliphatic heterocycles. The molecular formula is C20H18F3N5O2S. The largest absolute Gasteiger partial charge is 0.508 e. The Hall–Kier alpha value is -3.34. The Balaban J connectivity index is 2.37. The number of hydrogen-bond acceptors (Lipinski definition) is 6. The van der Waals surface area contributed by atoms with E-state index in [0.717, 1.165) is 16.9 Å². The van der Waals surface area contributed by atoms with E-state index in [1.54, 1.807) is 19.9 Å². The van der Waals surface area contributed by atoms with Gasteiger partial charge in [0.1, 0.15) is 11.6 Å². The second-order valence-electron chi connectivity index (χ2n) is 7.10. The van der Waals surface area contributed by atoms with Gasteiger partial charge in [0.15, 0.2) is 11.3 Å². The van der Waals surface area contributed by atoms with Gasteiger partial charge in [-0.15, -0.1) is 11.3 Å². The highest BCUT2D eigenvalue weighted by atomic mass is 32.1. The van der Waals surface area contributed by atoms with Crippen LogP contribution in [0.25, 0.3) is 26.9 Å². The fourth-order valence-corrected chi connectivity index (χ4v) is 4.77. The minimum Gasteiger partial charge on any atom is -0.508 e. The molecule has 3 aromatic heterocycles. The molecule has 1 aromatic carbocycles. The molecule has 3 heterocycles. The highest BCUT2D eigenvalue weighted by Gasteiger charge is 2.40. The first-order chi connectivity index (χ1) is 14.5. The summed E-state index contributed by atoms with van der Waals surface area (Å²) in [6.45, 7) is 5.13. The van der Waals surface area contributed by atoms with Gasteiger partial charge in [-0.1, -0.05) is 13.0 Å². The maximum absolute atomic E-state index is 14.0. The van der Waals surface area contributed by atoms with E-state index in [2.05, 4.69) is 9.97 Å². The third kappa shape index (κ3) is 2.99. The van der Waals surface area contributed by atoms with Crippen molar-refractivity contribution in [1.29, 1.82) is 0 Å². The molecule has 1 amide bonds. The monoisotopic (exact) mass is 449 g/mol. The minimum atomic E-state index is -4.88. The lowest BCUT2D eigenvalue weighted by molar-refractivity contribution is -0.139. The van der Waals surface area contributed by atoms with Gasteiger partial charge >= 0.3 is 6.18 Å². The minimum absolute atomic E-state index is 0.0395. The molecule has 7 nitrogen and oxygen atoms in total. The van der Waals surface area contributed by atoms with E-state index in [0.29, 0.717) is 27.4 Å². The number of carbonyl (C=O) groups is 1. The molecule has 4 aromatic rings. The zero-order chi connectivity index (χ0) is 22.8. The SMILES string of the molecule is CCc1ccc(O)c(C)c1-n1c(N)c(C(N)=O)c2c(C(F)(F)F)nc3nc(C)sc3c21. The van der Waals surface area contributed by atoms with Crippen molar-refractivity contribution in [3.63, 3.8) is 0 Å². The van der Waals surface area contributed by atoms with Gasteiger partial charge < -0.3 is 16.6 Å². The normalized spacial score (nSPS) is 12.2. The summed E-state index contributed by atoms with van der Waals surface area (Å²) in [5.74, 6) is -1.42. The molecule has 0 fully saturated rings. The van der Waals surface area contributed by atoms with Gasteiger partial charge in [-0.2, -0.15) is 13.2 Å². The molecule has 0 aliphatic carbocycles. The van der Waals surface area contributed by atoms with Crippen LogP contribution in [0.2, 0.25) is 0 Å². The highest BCUT2D eigenvalue weighted by Crippen LogP contribution is 2.45. The van der Waals surface area contributed by atoms with Crippen molar-refractivity contribution in [2.24, 2.45) is 5.73 Å². The van der Waals surface area contributed by atoms with Crippen LogP contribution in [0.1, 0.15) is 39.1 Å². The van der Waals surface area contributed by atoms with Crippen LogP contribution in [0, 0.1) is 13.8 Å². The van der Waals surface area contributed by atoms with Crippen molar-refractivity contribution in [1.82, 2.24) is 14.5 Å². The maximum atomic E-state index is 14.0. The lowest BCUT2D eigenvalue weighted by Crippen LogP contribution is -2.16. The van der Waals surface area contributed by atoms with Crippen molar-refractivity contribution in [3.8, 4) is 11.4 Å². The highest BCUT2D eigenvalue weighted by molar-refractivity contribution is 7.19. The number of nitrogen functional groups attached to an aromatic ring is 1. The predicted molar refractivity (Wildman–Crippen MR) is 113 cm³/mol. The number of benzene rings is 1. The number of amides is 1. The number of hydrogen-bond donors (Lipinski definition) is 3. The number of phenolic OH excluding ortho intramolecular Hbond substituents is 1. The summed E-state index contributed by atoms with van der Waals surface area (Å²) >= 11 is 1.14. The summed E-state index contributed by atoms with van der Waals surface area (Å²) < 4.78 is 43.7. The fourth-order valence-electron chi connectivity index (χ4n) is 3.87. The first kappa shape index (κ1) is 20.9. The molecule has 0 saturated heterocycles. The number of aromatic hydroxyl groups is 1. The summed E-state index contributed by atoms with van der Waals surface area (Å²) in [5, 5.41) is 10.3. The summed E-state index contributed by atoms with van der Waals surface area (Å²) in [7, 11) is 0. The Bertz CT molecular complexity index is 1390. The Morgan fingerprint density at radius 2 is 1.94 bits per heavy atom. The van der Waals surface area contributed by atoms with E-state index in [1.807, 2.05) is 6.92 Å². The van der Waals surface area contributed by atoms with Gasteiger partial charge in [0.2, 0.25) is 0 Å². The number of carbonyl (C=O) groups excluding carboxylic acids is 1. The third-order valence-electron chi connectivity index (χ3n) is 5.20. The summed E-state index contributed by atoms with van der Waals surface area (Å²) in [6.07, 6.45) is -4.38. The van der Waals surface area contributed by atoms with E-state index < -0.39 is 28.7 Å². The van der Waals surface area contributed by atoms with Gasteiger partial charge in [0.05, 0.1) is 26.5 Å². The molecule has 11 heteroatoms. The molecular weight excluding hydrogens is 431 g/mol. The van der Waals surface area contributed by atoms with Crippen LogP contribution in [0.3, 0.4) is 0 Å². The zero-order valence-electron chi connectivity index (χ0n) is 16.8. The van der Waals surface area contributed by atoms with Crippen LogP contribution >= 0.6 is 11.3 Å². The molecule has 0 atom stereocenters.